The number of Topliss-reactive ketones (excluding diaryl/α,β-unsaturated/α-hetero) is 1. The van der Waals surface area contributed by atoms with Crippen LogP contribution in [0.2, 0.25) is 0 Å². The summed E-state index contributed by atoms with van der Waals surface area (Å²) in [7, 11) is 0. The van der Waals surface area contributed by atoms with Gasteiger partial charge in [0, 0.05) is 29.3 Å². The minimum Gasteiger partial charge on any atom is -0.459 e. The Morgan fingerprint density at radius 2 is 1.59 bits per heavy atom. The number of benzene rings is 3. The van der Waals surface area contributed by atoms with Crippen molar-refractivity contribution in [2.24, 2.45) is 0 Å². The van der Waals surface area contributed by atoms with Crippen LogP contribution < -0.4 is 5.32 Å². The molecule has 0 unspecified atom stereocenters. The SMILES string of the molecule is CC1=C(C(=O)OC2CCCCC2)[C@@H](c2cccc3ccccc23)C2=C(C[C@H](c3ccccc3)CC2=O)N1. The number of nitrogens with one attached hydrogen (secondary N) is 1. The second-order valence-electron chi connectivity index (χ2n) is 10.7. The Kier molecular flexibility index (Phi) is 6.42. The Morgan fingerprint density at radius 1 is 0.865 bits per heavy atom. The summed E-state index contributed by atoms with van der Waals surface area (Å²) in [6.07, 6.45) is 6.35. The van der Waals surface area contributed by atoms with Crippen molar-refractivity contribution >= 4 is 22.5 Å². The largest absolute Gasteiger partial charge is 0.459 e. The van der Waals surface area contributed by atoms with Crippen LogP contribution in [-0.2, 0) is 14.3 Å². The molecule has 1 N–H and O–H groups in total. The summed E-state index contributed by atoms with van der Waals surface area (Å²) in [5.74, 6) is -0.505. The molecule has 6 rings (SSSR count). The number of rotatable bonds is 4. The Balaban J connectivity index is 1.45. The van der Waals surface area contributed by atoms with Gasteiger partial charge in [0.15, 0.2) is 5.78 Å². The fraction of sp³-hybridized carbons (Fsp3) is 0.333. The molecule has 4 heteroatoms. The van der Waals surface area contributed by atoms with Crippen molar-refractivity contribution in [1.82, 2.24) is 5.32 Å². The molecule has 0 bridgehead atoms. The molecule has 3 aromatic carbocycles. The molecule has 1 heterocycles. The highest BCUT2D eigenvalue weighted by molar-refractivity contribution is 6.05. The van der Waals surface area contributed by atoms with Crippen molar-refractivity contribution in [2.75, 3.05) is 0 Å². The zero-order chi connectivity index (χ0) is 25.4. The predicted octanol–water partition coefficient (Wildman–Crippen LogP) is 7.08. The van der Waals surface area contributed by atoms with Crippen LogP contribution in [0.1, 0.15) is 74.8 Å². The maximum absolute atomic E-state index is 13.9. The van der Waals surface area contributed by atoms with E-state index in [9.17, 15) is 9.59 Å². The van der Waals surface area contributed by atoms with Gasteiger partial charge >= 0.3 is 5.97 Å². The molecule has 4 nitrogen and oxygen atoms in total. The standard InChI is InChI=1S/C33H33NO3/c1-21-30(33(36)37-25-15-6-3-7-16-25)31(27-18-10-14-23-13-8-9-17-26(23)27)32-28(34-21)19-24(20-29(32)35)22-11-4-2-5-12-22/h2,4-5,8-14,17-18,24-25,31,34H,3,6-7,15-16,19-20H2,1H3/t24-,31+/m0/s1. The Hall–Kier alpha value is -3.66. The van der Waals surface area contributed by atoms with Crippen molar-refractivity contribution < 1.29 is 14.3 Å². The maximum Gasteiger partial charge on any atom is 0.337 e. The van der Waals surface area contributed by atoms with Gasteiger partial charge in [-0.25, -0.2) is 4.79 Å². The molecule has 0 radical (unpaired) electrons. The molecule has 188 valence electrons. The van der Waals surface area contributed by atoms with E-state index in [1.807, 2.05) is 43.3 Å². The number of hydrogen-bond donors (Lipinski definition) is 1. The first-order valence-electron chi connectivity index (χ1n) is 13.6. The van der Waals surface area contributed by atoms with Crippen molar-refractivity contribution in [3.63, 3.8) is 0 Å². The number of hydrogen-bond acceptors (Lipinski definition) is 4. The van der Waals surface area contributed by atoms with Crippen LogP contribution in [0.3, 0.4) is 0 Å². The van der Waals surface area contributed by atoms with E-state index in [0.717, 1.165) is 65.4 Å². The number of carbonyl (C=O) groups excluding carboxylic acids is 2. The van der Waals surface area contributed by atoms with Crippen LogP contribution in [0.25, 0.3) is 10.8 Å². The molecule has 0 aromatic heterocycles. The van der Waals surface area contributed by atoms with Crippen molar-refractivity contribution in [3.05, 3.63) is 106 Å². The summed E-state index contributed by atoms with van der Waals surface area (Å²) in [6.45, 7) is 1.95. The van der Waals surface area contributed by atoms with Gasteiger partial charge in [0.25, 0.3) is 0 Å². The molecule has 1 fully saturated rings. The van der Waals surface area contributed by atoms with Crippen LogP contribution in [0.15, 0.2) is 95.3 Å². The second-order valence-corrected chi connectivity index (χ2v) is 10.7. The summed E-state index contributed by atoms with van der Waals surface area (Å²) in [6, 6.07) is 24.7. The minimum atomic E-state index is -0.442. The maximum atomic E-state index is 13.9. The van der Waals surface area contributed by atoms with E-state index in [0.29, 0.717) is 12.0 Å². The van der Waals surface area contributed by atoms with E-state index in [1.54, 1.807) is 0 Å². The molecule has 3 aliphatic rings. The fourth-order valence-corrected chi connectivity index (χ4v) is 6.48. The van der Waals surface area contributed by atoms with Crippen molar-refractivity contribution in [3.8, 4) is 0 Å². The van der Waals surface area contributed by atoms with Gasteiger partial charge in [-0.3, -0.25) is 4.79 Å². The van der Waals surface area contributed by atoms with E-state index in [2.05, 4.69) is 41.7 Å². The number of esters is 1. The van der Waals surface area contributed by atoms with Crippen LogP contribution in [-0.4, -0.2) is 17.9 Å². The molecule has 0 spiro atoms. The highest BCUT2D eigenvalue weighted by Crippen LogP contribution is 2.47. The summed E-state index contributed by atoms with van der Waals surface area (Å²) in [5, 5.41) is 5.67. The lowest BCUT2D eigenvalue weighted by atomic mass is 9.71. The third kappa shape index (κ3) is 4.50. The normalized spacial score (nSPS) is 22.6. The van der Waals surface area contributed by atoms with Gasteiger partial charge in [-0.1, -0.05) is 79.2 Å². The minimum absolute atomic E-state index is 0.0467. The molecule has 2 atom stereocenters. The summed E-state index contributed by atoms with van der Waals surface area (Å²) >= 11 is 0. The molecule has 2 aliphatic carbocycles. The van der Waals surface area contributed by atoms with Crippen LogP contribution in [0.4, 0.5) is 0 Å². The molecular formula is C33H33NO3. The summed E-state index contributed by atoms with van der Waals surface area (Å²) in [4.78, 5) is 27.7. The molecule has 37 heavy (non-hydrogen) atoms. The van der Waals surface area contributed by atoms with E-state index in [4.69, 9.17) is 4.74 Å². The highest BCUT2D eigenvalue weighted by Gasteiger charge is 2.42. The number of fused-ring (bicyclic) bond motifs is 1. The number of carbonyl (C=O) groups is 2. The van der Waals surface area contributed by atoms with Gasteiger partial charge in [0.05, 0.1) is 5.57 Å². The first-order chi connectivity index (χ1) is 18.1. The van der Waals surface area contributed by atoms with Gasteiger partial charge in [-0.05, 0) is 66.8 Å². The third-order valence-electron chi connectivity index (χ3n) is 8.28. The number of ketones is 1. The van der Waals surface area contributed by atoms with Gasteiger partial charge in [0.1, 0.15) is 6.10 Å². The second kappa shape index (κ2) is 10.0. The first kappa shape index (κ1) is 23.7. The average molecular weight is 492 g/mol. The molecule has 1 aliphatic heterocycles. The van der Waals surface area contributed by atoms with Gasteiger partial charge in [0.2, 0.25) is 0 Å². The lowest BCUT2D eigenvalue weighted by Gasteiger charge is -2.37. The number of dihydropyridines is 1. The molecule has 0 saturated heterocycles. The molecular weight excluding hydrogens is 458 g/mol. The first-order valence-corrected chi connectivity index (χ1v) is 13.6. The summed E-state index contributed by atoms with van der Waals surface area (Å²) in [5.41, 5.74) is 5.20. The molecule has 3 aromatic rings. The van der Waals surface area contributed by atoms with Crippen LogP contribution in [0.5, 0.6) is 0 Å². The fourth-order valence-electron chi connectivity index (χ4n) is 6.48. The van der Waals surface area contributed by atoms with E-state index < -0.39 is 5.92 Å². The zero-order valence-corrected chi connectivity index (χ0v) is 21.3. The van der Waals surface area contributed by atoms with Crippen LogP contribution >= 0.6 is 0 Å². The lowest BCUT2D eigenvalue weighted by molar-refractivity contribution is -0.146. The monoisotopic (exact) mass is 491 g/mol. The lowest BCUT2D eigenvalue weighted by Crippen LogP contribution is -2.37. The number of allylic oxidation sites excluding steroid dienone is 3. The average Bonchev–Trinajstić information content (AvgIpc) is 2.93. The van der Waals surface area contributed by atoms with Gasteiger partial charge < -0.3 is 10.1 Å². The van der Waals surface area contributed by atoms with Crippen molar-refractivity contribution in [2.45, 2.75) is 69.8 Å². The zero-order valence-electron chi connectivity index (χ0n) is 21.3. The quantitative estimate of drug-likeness (QED) is 0.396. The Morgan fingerprint density at radius 3 is 2.41 bits per heavy atom. The Labute approximate surface area is 218 Å². The van der Waals surface area contributed by atoms with Crippen LogP contribution in [0, 0.1) is 0 Å². The Bertz CT molecular complexity index is 1410. The highest BCUT2D eigenvalue weighted by atomic mass is 16.5. The van der Waals surface area contributed by atoms with Gasteiger partial charge in [-0.15, -0.1) is 0 Å². The summed E-state index contributed by atoms with van der Waals surface area (Å²) < 4.78 is 6.10. The molecule has 0 amide bonds. The molecule has 1 saturated carbocycles. The predicted molar refractivity (Wildman–Crippen MR) is 146 cm³/mol. The van der Waals surface area contributed by atoms with E-state index in [-0.39, 0.29) is 23.8 Å². The topological polar surface area (TPSA) is 55.4 Å². The number of ether oxygens (including phenoxy) is 1. The van der Waals surface area contributed by atoms with E-state index >= 15 is 0 Å². The van der Waals surface area contributed by atoms with Crippen molar-refractivity contribution in [1.29, 1.82) is 0 Å². The third-order valence-corrected chi connectivity index (χ3v) is 8.28. The smallest absolute Gasteiger partial charge is 0.337 e. The van der Waals surface area contributed by atoms with Gasteiger partial charge in [-0.2, -0.15) is 0 Å². The van der Waals surface area contributed by atoms with E-state index in [1.165, 1.54) is 12.0 Å².